The Morgan fingerprint density at radius 3 is 1.60 bits per heavy atom. The number of methoxy groups -OCH3 is 2. The summed E-state index contributed by atoms with van der Waals surface area (Å²) in [5, 5.41) is 0. The molecule has 0 unspecified atom stereocenters. The number of hydrogen-bond donors (Lipinski definition) is 0. The van der Waals surface area contributed by atoms with Crippen LogP contribution in [0.3, 0.4) is 0 Å². The van der Waals surface area contributed by atoms with Crippen LogP contribution in [0.1, 0.15) is 37.5 Å². The molecule has 0 aliphatic carbocycles. The highest BCUT2D eigenvalue weighted by Crippen LogP contribution is 2.63. The first-order valence-electron chi connectivity index (χ1n) is 6.17. The second-order valence-electron chi connectivity index (χ2n) is 5.65. The van der Waals surface area contributed by atoms with E-state index in [2.05, 4.69) is 0 Å². The summed E-state index contributed by atoms with van der Waals surface area (Å²) in [6, 6.07) is 3.19. The number of rotatable bonds is 5. The van der Waals surface area contributed by atoms with E-state index in [9.17, 15) is 11.7 Å². The highest BCUT2D eigenvalue weighted by atomic mass is 32.3. The van der Waals surface area contributed by atoms with E-state index in [0.717, 1.165) is 5.56 Å². The lowest BCUT2D eigenvalue weighted by Crippen LogP contribution is -2.14. The molecule has 0 fully saturated rings. The van der Waals surface area contributed by atoms with Gasteiger partial charge in [-0.1, -0.05) is 32.9 Å². The summed E-state index contributed by atoms with van der Waals surface area (Å²) in [7, 11) is 2.80. The molecule has 0 aromatic heterocycles. The van der Waals surface area contributed by atoms with Crippen LogP contribution < -0.4 is 0 Å². The van der Waals surface area contributed by atoms with Crippen molar-refractivity contribution in [1.29, 1.82) is 0 Å². The normalized spacial score (nSPS) is 13.6. The topological polar surface area (TPSA) is 18.5 Å². The Bertz CT molecular complexity index is 437. The summed E-state index contributed by atoms with van der Waals surface area (Å²) in [5.74, 6) is 0. The monoisotopic (exact) mass is 310 g/mol. The molecule has 0 N–H and O–H groups in total. The molecule has 0 saturated carbocycles. The van der Waals surface area contributed by atoms with Gasteiger partial charge in [-0.15, -0.1) is 11.7 Å². The standard InChI is InChI=1S/C14H21F3O2S/c1-14(2,3)12-6-10(8-18-4)13(20(15,16)17)11(7-12)9-19-5/h6-7H,8-9H2,1-5H3. The van der Waals surface area contributed by atoms with Gasteiger partial charge in [-0.2, -0.15) is 0 Å². The SMILES string of the molecule is COCc1cc(C(C)(C)C)cc(COC)c1S(F)(F)F. The molecule has 1 aromatic rings. The van der Waals surface area contributed by atoms with E-state index in [1.165, 1.54) is 14.2 Å². The third kappa shape index (κ3) is 4.14. The van der Waals surface area contributed by atoms with Crippen LogP contribution in [0.2, 0.25) is 0 Å². The molecule has 0 heterocycles. The van der Waals surface area contributed by atoms with E-state index in [-0.39, 0.29) is 29.8 Å². The molecule has 1 rings (SSSR count). The molecule has 20 heavy (non-hydrogen) atoms. The Morgan fingerprint density at radius 1 is 0.950 bits per heavy atom. The highest BCUT2D eigenvalue weighted by Gasteiger charge is 2.32. The van der Waals surface area contributed by atoms with Crippen LogP contribution in [0.25, 0.3) is 0 Å². The Labute approximate surface area is 120 Å². The fourth-order valence-corrected chi connectivity index (χ4v) is 2.84. The zero-order valence-electron chi connectivity index (χ0n) is 12.4. The second kappa shape index (κ2) is 6.37. The van der Waals surface area contributed by atoms with E-state index in [1.807, 2.05) is 20.8 Å². The fourth-order valence-electron chi connectivity index (χ4n) is 2.01. The van der Waals surface area contributed by atoms with Crippen LogP contribution in [0.15, 0.2) is 17.0 Å². The van der Waals surface area contributed by atoms with Crippen LogP contribution in [-0.2, 0) is 28.1 Å². The first kappa shape index (κ1) is 17.3. The Balaban J connectivity index is 3.54. The largest absolute Gasteiger partial charge is 0.380 e. The van der Waals surface area contributed by atoms with Gasteiger partial charge in [0.25, 0.3) is 0 Å². The second-order valence-corrected chi connectivity index (χ2v) is 6.87. The lowest BCUT2D eigenvalue weighted by atomic mass is 9.85. The zero-order valence-corrected chi connectivity index (χ0v) is 13.2. The first-order valence-corrected chi connectivity index (χ1v) is 7.51. The molecule has 0 aliphatic rings. The molecule has 2 nitrogen and oxygen atoms in total. The molecule has 0 radical (unpaired) electrons. The molecule has 0 spiro atoms. The van der Waals surface area contributed by atoms with Crippen molar-refractivity contribution in [3.63, 3.8) is 0 Å². The third-order valence-corrected chi connectivity index (χ3v) is 3.93. The van der Waals surface area contributed by atoms with Crippen molar-refractivity contribution < 1.29 is 21.1 Å². The fraction of sp³-hybridized carbons (Fsp3) is 0.571. The summed E-state index contributed by atoms with van der Waals surface area (Å²) in [6.07, 6.45) is 0. The van der Waals surface area contributed by atoms with Gasteiger partial charge in [0.2, 0.25) is 11.2 Å². The number of halogens is 3. The minimum atomic E-state index is -5.33. The maximum Gasteiger partial charge on any atom is 0.238 e. The summed E-state index contributed by atoms with van der Waals surface area (Å²) >= 11 is -5.33. The van der Waals surface area contributed by atoms with Gasteiger partial charge in [-0.05, 0) is 22.1 Å². The van der Waals surface area contributed by atoms with Gasteiger partial charge < -0.3 is 9.47 Å². The summed E-state index contributed by atoms with van der Waals surface area (Å²) in [6.45, 7) is 5.80. The lowest BCUT2D eigenvalue weighted by Gasteiger charge is -2.25. The van der Waals surface area contributed by atoms with Crippen molar-refractivity contribution in [2.45, 2.75) is 44.3 Å². The predicted octanol–water partition coefficient (Wildman–Crippen LogP) is 5.09. The van der Waals surface area contributed by atoms with Crippen LogP contribution in [0.5, 0.6) is 0 Å². The summed E-state index contributed by atoms with van der Waals surface area (Å²) in [5.41, 5.74) is 0.998. The minimum absolute atomic E-state index is 0.0531. The molecule has 116 valence electrons. The molecule has 6 heteroatoms. The summed E-state index contributed by atoms with van der Waals surface area (Å²) in [4.78, 5) is -0.561. The molecular weight excluding hydrogens is 289 g/mol. The van der Waals surface area contributed by atoms with Crippen LogP contribution in [0, 0.1) is 0 Å². The van der Waals surface area contributed by atoms with Crippen LogP contribution >= 0.6 is 11.2 Å². The van der Waals surface area contributed by atoms with E-state index >= 15 is 0 Å². The van der Waals surface area contributed by atoms with Gasteiger partial charge in [0, 0.05) is 14.2 Å². The maximum absolute atomic E-state index is 13.4. The molecule has 1 aromatic carbocycles. The van der Waals surface area contributed by atoms with Gasteiger partial charge in [0.1, 0.15) is 0 Å². The smallest absolute Gasteiger partial charge is 0.238 e. The van der Waals surface area contributed by atoms with Crippen molar-refractivity contribution >= 4 is 11.2 Å². The van der Waals surface area contributed by atoms with Gasteiger partial charge in [0.15, 0.2) is 0 Å². The average Bonchev–Trinajstić information content (AvgIpc) is 2.26. The summed E-state index contributed by atoms with van der Waals surface area (Å²) < 4.78 is 49.9. The molecular formula is C14H21F3O2S. The van der Waals surface area contributed by atoms with Crippen molar-refractivity contribution in [3.8, 4) is 0 Å². The Kier molecular flexibility index (Phi) is 5.52. The van der Waals surface area contributed by atoms with Gasteiger partial charge in [-0.3, -0.25) is 0 Å². The average molecular weight is 310 g/mol. The number of hydrogen-bond acceptors (Lipinski definition) is 2. The van der Waals surface area contributed by atoms with Crippen molar-refractivity contribution in [3.05, 3.63) is 28.8 Å². The number of benzene rings is 1. The minimum Gasteiger partial charge on any atom is -0.380 e. The molecule has 0 atom stereocenters. The van der Waals surface area contributed by atoms with Crippen LogP contribution in [-0.4, -0.2) is 14.2 Å². The van der Waals surface area contributed by atoms with E-state index in [4.69, 9.17) is 9.47 Å². The van der Waals surface area contributed by atoms with Crippen LogP contribution in [0.4, 0.5) is 11.7 Å². The Hall–Kier alpha value is -0.720. The van der Waals surface area contributed by atoms with E-state index in [1.54, 1.807) is 12.1 Å². The molecule has 0 aliphatic heterocycles. The first-order chi connectivity index (χ1) is 9.11. The van der Waals surface area contributed by atoms with Crippen molar-refractivity contribution in [1.82, 2.24) is 0 Å². The van der Waals surface area contributed by atoms with Gasteiger partial charge in [-0.25, -0.2) is 0 Å². The molecule has 0 saturated heterocycles. The third-order valence-electron chi connectivity index (χ3n) is 2.94. The van der Waals surface area contributed by atoms with Crippen molar-refractivity contribution in [2.75, 3.05) is 14.2 Å². The van der Waals surface area contributed by atoms with E-state index in [0.29, 0.717) is 0 Å². The molecule has 0 bridgehead atoms. The zero-order chi connectivity index (χ0) is 15.6. The van der Waals surface area contributed by atoms with E-state index < -0.39 is 16.1 Å². The predicted molar refractivity (Wildman–Crippen MR) is 75.7 cm³/mol. The highest BCUT2D eigenvalue weighted by molar-refractivity contribution is 8.21. The van der Waals surface area contributed by atoms with Gasteiger partial charge in [0.05, 0.1) is 18.1 Å². The number of ether oxygens (including phenoxy) is 2. The lowest BCUT2D eigenvalue weighted by molar-refractivity contribution is 0.175. The quantitative estimate of drug-likeness (QED) is 0.754. The van der Waals surface area contributed by atoms with Gasteiger partial charge >= 0.3 is 0 Å². The van der Waals surface area contributed by atoms with Crippen molar-refractivity contribution in [2.24, 2.45) is 0 Å². The molecule has 0 amide bonds. The maximum atomic E-state index is 13.4. The Morgan fingerprint density at radius 2 is 1.35 bits per heavy atom.